The number of rotatable bonds is 3. The second-order valence-corrected chi connectivity index (χ2v) is 7.13. The molecular formula is C21H19N7O. The number of aromatic nitrogens is 5. The fourth-order valence-electron chi connectivity index (χ4n) is 3.84. The summed E-state index contributed by atoms with van der Waals surface area (Å²) >= 11 is 0. The zero-order chi connectivity index (χ0) is 20.0. The zero-order valence-electron chi connectivity index (χ0n) is 16.0. The van der Waals surface area contributed by atoms with E-state index >= 15 is 0 Å². The highest BCUT2D eigenvalue weighted by atomic mass is 16.1. The second-order valence-electron chi connectivity index (χ2n) is 7.13. The van der Waals surface area contributed by atoms with Gasteiger partial charge in [0.15, 0.2) is 0 Å². The number of anilines is 2. The third kappa shape index (κ3) is 2.85. The van der Waals surface area contributed by atoms with Crippen LogP contribution in [0.2, 0.25) is 0 Å². The van der Waals surface area contributed by atoms with E-state index in [4.69, 9.17) is 0 Å². The first-order valence-corrected chi connectivity index (χ1v) is 9.31. The Morgan fingerprint density at radius 2 is 2.00 bits per heavy atom. The van der Waals surface area contributed by atoms with Crippen LogP contribution in [0.3, 0.4) is 0 Å². The lowest BCUT2D eigenvalue weighted by Crippen LogP contribution is -2.31. The van der Waals surface area contributed by atoms with E-state index in [9.17, 15) is 4.79 Å². The van der Waals surface area contributed by atoms with E-state index in [-0.39, 0.29) is 5.91 Å². The van der Waals surface area contributed by atoms with Crippen LogP contribution in [-0.2, 0) is 4.79 Å². The maximum absolute atomic E-state index is 13.4. The summed E-state index contributed by atoms with van der Waals surface area (Å²) in [6.45, 7) is 3.86. The Morgan fingerprint density at radius 1 is 1.14 bits per heavy atom. The predicted molar refractivity (Wildman–Crippen MR) is 110 cm³/mol. The number of aryl methyl sites for hydroxylation is 1. The monoisotopic (exact) mass is 385 g/mol. The largest absolute Gasteiger partial charge is 0.361 e. The molecule has 1 unspecified atom stereocenters. The summed E-state index contributed by atoms with van der Waals surface area (Å²) in [5.41, 5.74) is 5.03. The number of amides is 1. The van der Waals surface area contributed by atoms with Gasteiger partial charge in [-0.15, -0.1) is 0 Å². The third-order valence-electron chi connectivity index (χ3n) is 5.15. The number of fused-ring (bicyclic) bond motifs is 2. The molecule has 0 saturated heterocycles. The average Bonchev–Trinajstić information content (AvgIpc) is 3.33. The van der Waals surface area contributed by atoms with Crippen molar-refractivity contribution in [1.29, 1.82) is 0 Å². The summed E-state index contributed by atoms with van der Waals surface area (Å²) in [4.78, 5) is 16.6. The molecule has 8 nitrogen and oxygen atoms in total. The molecule has 0 spiro atoms. The van der Waals surface area contributed by atoms with Gasteiger partial charge in [0.1, 0.15) is 6.04 Å². The molecule has 1 aliphatic heterocycles. The molecule has 0 bridgehead atoms. The molecule has 3 heterocycles. The molecule has 0 fully saturated rings. The van der Waals surface area contributed by atoms with Crippen LogP contribution in [0.15, 0.2) is 66.0 Å². The normalized spacial score (nSPS) is 15.9. The van der Waals surface area contributed by atoms with Crippen LogP contribution in [0.25, 0.3) is 10.9 Å². The van der Waals surface area contributed by atoms with Crippen molar-refractivity contribution in [3.05, 3.63) is 77.1 Å². The number of tetrazole rings is 1. The van der Waals surface area contributed by atoms with Gasteiger partial charge >= 0.3 is 0 Å². The van der Waals surface area contributed by atoms with Gasteiger partial charge in [0, 0.05) is 34.0 Å². The number of para-hydroxylation sites is 1. The molecular weight excluding hydrogens is 366 g/mol. The van der Waals surface area contributed by atoms with Gasteiger partial charge in [-0.1, -0.05) is 35.4 Å². The van der Waals surface area contributed by atoms with E-state index in [0.717, 1.165) is 27.7 Å². The second kappa shape index (κ2) is 6.59. The lowest BCUT2D eigenvalue weighted by molar-refractivity contribution is -0.113. The number of nitrogens with zero attached hydrogens (tertiary/aromatic N) is 4. The van der Waals surface area contributed by atoms with Gasteiger partial charge in [0.25, 0.3) is 5.91 Å². The van der Waals surface area contributed by atoms with Gasteiger partial charge < -0.3 is 15.6 Å². The lowest BCUT2D eigenvalue weighted by atomic mass is 9.94. The Labute approximate surface area is 166 Å². The SMILES string of the molecule is CC1=C(C(=O)Nc2cccc(C)c2)C(c2c[nH]c3ccccc23)n2nnnc2N1. The van der Waals surface area contributed by atoms with Crippen molar-refractivity contribution < 1.29 is 4.79 Å². The third-order valence-corrected chi connectivity index (χ3v) is 5.15. The summed E-state index contributed by atoms with van der Waals surface area (Å²) in [6.07, 6.45) is 1.92. The summed E-state index contributed by atoms with van der Waals surface area (Å²) in [7, 11) is 0. The van der Waals surface area contributed by atoms with Gasteiger partial charge in [-0.05, 0) is 48.0 Å². The molecule has 8 heteroatoms. The van der Waals surface area contributed by atoms with Crippen molar-refractivity contribution in [3.63, 3.8) is 0 Å². The number of allylic oxidation sites excluding steroid dienone is 1. The van der Waals surface area contributed by atoms with Crippen molar-refractivity contribution in [3.8, 4) is 0 Å². The maximum Gasteiger partial charge on any atom is 0.255 e. The maximum atomic E-state index is 13.4. The van der Waals surface area contributed by atoms with Gasteiger partial charge in [0.2, 0.25) is 5.95 Å². The van der Waals surface area contributed by atoms with E-state index in [1.54, 1.807) is 4.68 Å². The van der Waals surface area contributed by atoms with E-state index < -0.39 is 6.04 Å². The standard InChI is InChI=1S/C21H19N7O/c1-12-6-5-7-14(10-12)24-20(29)18-13(2)23-21-25-26-27-28(21)19(18)16-11-22-17-9-4-3-8-15(16)17/h3-11,19,22H,1-2H3,(H,24,29)(H,23,25,27). The highest BCUT2D eigenvalue weighted by molar-refractivity contribution is 6.06. The minimum atomic E-state index is -0.456. The van der Waals surface area contributed by atoms with Crippen LogP contribution >= 0.6 is 0 Å². The highest BCUT2D eigenvalue weighted by Gasteiger charge is 2.35. The number of benzene rings is 2. The number of hydrogen-bond acceptors (Lipinski definition) is 5. The molecule has 5 rings (SSSR count). The Balaban J connectivity index is 1.63. The Bertz CT molecular complexity index is 1270. The minimum absolute atomic E-state index is 0.197. The molecule has 144 valence electrons. The van der Waals surface area contributed by atoms with Crippen molar-refractivity contribution in [2.24, 2.45) is 0 Å². The fraction of sp³-hybridized carbons (Fsp3) is 0.143. The number of carbonyl (C=O) groups is 1. The molecule has 2 aromatic heterocycles. The first-order chi connectivity index (χ1) is 14.1. The van der Waals surface area contributed by atoms with E-state index in [2.05, 4.69) is 31.1 Å². The van der Waals surface area contributed by atoms with Gasteiger partial charge in [0.05, 0.1) is 5.57 Å². The molecule has 3 N–H and O–H groups in total. The zero-order valence-corrected chi connectivity index (χ0v) is 16.0. The van der Waals surface area contributed by atoms with E-state index in [1.807, 2.05) is 68.6 Å². The molecule has 0 aliphatic carbocycles. The topological polar surface area (TPSA) is 101 Å². The molecule has 0 radical (unpaired) electrons. The molecule has 2 aromatic carbocycles. The van der Waals surface area contributed by atoms with Crippen LogP contribution in [0.5, 0.6) is 0 Å². The van der Waals surface area contributed by atoms with Crippen LogP contribution in [-0.4, -0.2) is 31.1 Å². The average molecular weight is 385 g/mol. The summed E-state index contributed by atoms with van der Waals surface area (Å²) in [5.74, 6) is 0.307. The van der Waals surface area contributed by atoms with Gasteiger partial charge in [-0.25, -0.2) is 0 Å². The van der Waals surface area contributed by atoms with E-state index in [0.29, 0.717) is 17.2 Å². The Kier molecular flexibility index (Phi) is 3.90. The quantitative estimate of drug-likeness (QED) is 0.502. The smallest absolute Gasteiger partial charge is 0.255 e. The summed E-state index contributed by atoms with van der Waals surface area (Å²) in [5, 5.41) is 19.2. The number of aromatic amines is 1. The molecule has 1 amide bonds. The van der Waals surface area contributed by atoms with E-state index in [1.165, 1.54) is 0 Å². The Morgan fingerprint density at radius 3 is 2.86 bits per heavy atom. The van der Waals surface area contributed by atoms with Crippen LogP contribution in [0.1, 0.15) is 24.1 Å². The molecule has 1 aliphatic rings. The number of hydrogen-bond donors (Lipinski definition) is 3. The van der Waals surface area contributed by atoms with Gasteiger partial charge in [-0.3, -0.25) is 4.79 Å². The molecule has 29 heavy (non-hydrogen) atoms. The minimum Gasteiger partial charge on any atom is -0.361 e. The molecule has 0 saturated carbocycles. The molecule has 4 aromatic rings. The van der Waals surface area contributed by atoms with Crippen LogP contribution in [0.4, 0.5) is 11.6 Å². The van der Waals surface area contributed by atoms with Crippen molar-refractivity contribution in [1.82, 2.24) is 25.2 Å². The predicted octanol–water partition coefficient (Wildman–Crippen LogP) is 3.39. The first-order valence-electron chi connectivity index (χ1n) is 9.31. The van der Waals surface area contributed by atoms with Crippen LogP contribution in [0, 0.1) is 6.92 Å². The van der Waals surface area contributed by atoms with Crippen molar-refractivity contribution >= 4 is 28.4 Å². The van der Waals surface area contributed by atoms with Crippen molar-refractivity contribution in [2.75, 3.05) is 10.6 Å². The summed E-state index contributed by atoms with van der Waals surface area (Å²) in [6, 6.07) is 15.2. The highest BCUT2D eigenvalue weighted by Crippen LogP contribution is 2.37. The number of carbonyl (C=O) groups excluding carboxylic acids is 1. The number of nitrogens with one attached hydrogen (secondary N) is 3. The Hall–Kier alpha value is -3.94. The number of H-pyrrole nitrogens is 1. The first kappa shape index (κ1) is 17.2. The van der Waals surface area contributed by atoms with Crippen LogP contribution < -0.4 is 10.6 Å². The van der Waals surface area contributed by atoms with Gasteiger partial charge in [-0.2, -0.15) is 4.68 Å². The van der Waals surface area contributed by atoms with Crippen molar-refractivity contribution in [2.45, 2.75) is 19.9 Å². The summed E-state index contributed by atoms with van der Waals surface area (Å²) < 4.78 is 1.65. The lowest BCUT2D eigenvalue weighted by Gasteiger charge is -2.27. The molecule has 1 atom stereocenters. The fourth-order valence-corrected chi connectivity index (χ4v) is 3.84.